The van der Waals surface area contributed by atoms with Crippen LogP contribution in [0.5, 0.6) is 0 Å². The number of nitrogens with one attached hydrogen (secondary N) is 1. The lowest BCUT2D eigenvalue weighted by atomic mass is 9.88. The third kappa shape index (κ3) is 4.45. The molecule has 1 N–H and O–H groups in total. The topological polar surface area (TPSA) is 111 Å². The number of non-ortho nitro benzene ring substituents is 1. The molecule has 148 valence electrons. The molecule has 9 heteroatoms. The van der Waals surface area contributed by atoms with E-state index in [-0.39, 0.29) is 34.5 Å². The summed E-state index contributed by atoms with van der Waals surface area (Å²) in [6, 6.07) is 14.2. The number of nitro benzene ring substituents is 1. The van der Waals surface area contributed by atoms with Gasteiger partial charge in [-0.1, -0.05) is 42.1 Å². The molecule has 0 bridgehead atoms. The van der Waals surface area contributed by atoms with Crippen LogP contribution in [0.15, 0.2) is 58.2 Å². The number of carbonyl (C=O) groups excluding carboxylic acids is 1. The van der Waals surface area contributed by atoms with Crippen molar-refractivity contribution in [1.29, 1.82) is 0 Å². The fourth-order valence-corrected chi connectivity index (χ4v) is 3.98. The molecule has 0 saturated carbocycles. The van der Waals surface area contributed by atoms with Crippen LogP contribution in [0.1, 0.15) is 30.0 Å². The molecule has 0 unspecified atom stereocenters. The van der Waals surface area contributed by atoms with Crippen LogP contribution < -0.4 is 5.32 Å². The Bertz CT molecular complexity index is 1050. The van der Waals surface area contributed by atoms with Crippen LogP contribution in [0.4, 0.5) is 5.69 Å². The van der Waals surface area contributed by atoms with Crippen molar-refractivity contribution in [2.24, 2.45) is 0 Å². The van der Waals surface area contributed by atoms with Gasteiger partial charge in [0, 0.05) is 17.7 Å². The number of rotatable bonds is 6. The van der Waals surface area contributed by atoms with E-state index >= 15 is 0 Å². The molecular weight excluding hydrogens is 392 g/mol. The number of amides is 1. The number of hydrogen-bond donors (Lipinski definition) is 1. The Balaban J connectivity index is 1.36. The van der Waals surface area contributed by atoms with E-state index in [0.29, 0.717) is 5.56 Å². The second kappa shape index (κ2) is 8.44. The van der Waals surface area contributed by atoms with E-state index in [1.165, 1.54) is 23.3 Å². The predicted octanol–water partition coefficient (Wildman–Crippen LogP) is 3.93. The minimum Gasteiger partial charge on any atom is -0.411 e. The first-order chi connectivity index (χ1) is 14.1. The molecule has 2 aromatic carbocycles. The highest BCUT2D eigenvalue weighted by Crippen LogP contribution is 2.30. The molecule has 0 saturated heterocycles. The minimum absolute atomic E-state index is 0.0242. The Morgan fingerprint density at radius 3 is 2.97 bits per heavy atom. The molecule has 3 aromatic rings. The number of carbonyl (C=O) groups is 1. The highest BCUT2D eigenvalue weighted by atomic mass is 32.2. The summed E-state index contributed by atoms with van der Waals surface area (Å²) in [7, 11) is 0. The Labute approximate surface area is 170 Å². The van der Waals surface area contributed by atoms with E-state index in [0.717, 1.165) is 31.0 Å². The summed E-state index contributed by atoms with van der Waals surface area (Å²) >= 11 is 1.14. The molecule has 1 heterocycles. The highest BCUT2D eigenvalue weighted by molar-refractivity contribution is 7.99. The van der Waals surface area contributed by atoms with Gasteiger partial charge >= 0.3 is 0 Å². The van der Waals surface area contributed by atoms with Gasteiger partial charge in [0.15, 0.2) is 0 Å². The van der Waals surface area contributed by atoms with Crippen LogP contribution in [-0.2, 0) is 11.2 Å². The summed E-state index contributed by atoms with van der Waals surface area (Å²) in [4.78, 5) is 22.8. The van der Waals surface area contributed by atoms with Crippen molar-refractivity contribution >= 4 is 23.4 Å². The van der Waals surface area contributed by atoms with Gasteiger partial charge in [0.25, 0.3) is 10.9 Å². The van der Waals surface area contributed by atoms with Gasteiger partial charge < -0.3 is 9.73 Å². The van der Waals surface area contributed by atoms with Crippen molar-refractivity contribution in [3.05, 3.63) is 69.8 Å². The van der Waals surface area contributed by atoms with Crippen LogP contribution in [-0.4, -0.2) is 26.8 Å². The standard InChI is InChI=1S/C20H18N4O4S/c25-18(21-17-10-4-6-13-5-1-2-9-16(13)17)12-29-20-23-22-19(28-20)14-7-3-8-15(11-14)24(26)27/h1-3,5,7-9,11,17H,4,6,10,12H2,(H,21,25)/t17-/m0/s1. The van der Waals surface area contributed by atoms with E-state index in [1.54, 1.807) is 12.1 Å². The molecule has 1 aromatic heterocycles. The second-order valence-electron chi connectivity index (χ2n) is 6.68. The summed E-state index contributed by atoms with van der Waals surface area (Å²) in [5.41, 5.74) is 2.88. The van der Waals surface area contributed by atoms with Gasteiger partial charge in [0.05, 0.1) is 16.7 Å². The monoisotopic (exact) mass is 410 g/mol. The average Bonchev–Trinajstić information content (AvgIpc) is 3.22. The average molecular weight is 410 g/mol. The lowest BCUT2D eigenvalue weighted by Crippen LogP contribution is -2.32. The number of nitrogens with zero attached hydrogens (tertiary/aromatic N) is 3. The minimum atomic E-state index is -0.483. The summed E-state index contributed by atoms with van der Waals surface area (Å²) in [5.74, 6) is 0.222. The first kappa shape index (κ1) is 19.1. The number of benzene rings is 2. The number of thioether (sulfide) groups is 1. The Morgan fingerprint density at radius 1 is 1.24 bits per heavy atom. The van der Waals surface area contributed by atoms with Gasteiger partial charge in [-0.3, -0.25) is 14.9 Å². The van der Waals surface area contributed by atoms with Gasteiger partial charge in [0.2, 0.25) is 11.8 Å². The largest absolute Gasteiger partial charge is 0.411 e. The number of aryl methyl sites for hydroxylation is 1. The molecule has 4 rings (SSSR count). The first-order valence-corrected chi connectivity index (χ1v) is 10.2. The molecule has 0 spiro atoms. The summed E-state index contributed by atoms with van der Waals surface area (Å²) in [6.07, 6.45) is 3.01. The quantitative estimate of drug-likeness (QED) is 0.372. The van der Waals surface area contributed by atoms with Gasteiger partial charge in [-0.15, -0.1) is 10.2 Å². The first-order valence-electron chi connectivity index (χ1n) is 9.18. The SMILES string of the molecule is O=C(CSc1nnc(-c2cccc([N+](=O)[O-])c2)o1)N[C@H]1CCCc2ccccc21. The maximum absolute atomic E-state index is 12.4. The second-order valence-corrected chi connectivity index (χ2v) is 7.61. The maximum atomic E-state index is 12.4. The molecule has 1 atom stereocenters. The third-order valence-electron chi connectivity index (χ3n) is 4.74. The maximum Gasteiger partial charge on any atom is 0.277 e. The van der Waals surface area contributed by atoms with E-state index < -0.39 is 4.92 Å². The lowest BCUT2D eigenvalue weighted by molar-refractivity contribution is -0.384. The molecule has 0 fully saturated rings. The van der Waals surface area contributed by atoms with E-state index in [4.69, 9.17) is 4.42 Å². The lowest BCUT2D eigenvalue weighted by Gasteiger charge is -2.26. The van der Waals surface area contributed by atoms with Crippen LogP contribution >= 0.6 is 11.8 Å². The summed E-state index contributed by atoms with van der Waals surface area (Å²) < 4.78 is 5.54. The smallest absolute Gasteiger partial charge is 0.277 e. The molecule has 1 aliphatic carbocycles. The van der Waals surface area contributed by atoms with Crippen molar-refractivity contribution in [2.75, 3.05) is 5.75 Å². The van der Waals surface area contributed by atoms with E-state index in [2.05, 4.69) is 27.6 Å². The third-order valence-corrected chi connectivity index (χ3v) is 5.56. The number of hydrogen-bond acceptors (Lipinski definition) is 7. The van der Waals surface area contributed by atoms with Crippen molar-refractivity contribution in [2.45, 2.75) is 30.5 Å². The van der Waals surface area contributed by atoms with Gasteiger partial charge in [-0.2, -0.15) is 0 Å². The molecular formula is C20H18N4O4S. The fraction of sp³-hybridized carbons (Fsp3) is 0.250. The summed E-state index contributed by atoms with van der Waals surface area (Å²) in [5, 5.41) is 22.1. The van der Waals surface area contributed by atoms with E-state index in [1.807, 2.05) is 12.1 Å². The number of nitro groups is 1. The van der Waals surface area contributed by atoms with Crippen LogP contribution in [0.2, 0.25) is 0 Å². The Morgan fingerprint density at radius 2 is 2.10 bits per heavy atom. The van der Waals surface area contributed by atoms with Crippen molar-refractivity contribution in [3.63, 3.8) is 0 Å². The predicted molar refractivity (Wildman–Crippen MR) is 107 cm³/mol. The number of aromatic nitrogens is 2. The van der Waals surface area contributed by atoms with Crippen molar-refractivity contribution in [1.82, 2.24) is 15.5 Å². The van der Waals surface area contributed by atoms with Gasteiger partial charge in [-0.05, 0) is 36.5 Å². The molecule has 1 aliphatic rings. The van der Waals surface area contributed by atoms with Crippen molar-refractivity contribution < 1.29 is 14.1 Å². The molecule has 0 aliphatic heterocycles. The van der Waals surface area contributed by atoms with Crippen LogP contribution in [0.25, 0.3) is 11.5 Å². The zero-order chi connectivity index (χ0) is 20.2. The highest BCUT2D eigenvalue weighted by Gasteiger charge is 2.22. The van der Waals surface area contributed by atoms with E-state index in [9.17, 15) is 14.9 Å². The zero-order valence-corrected chi connectivity index (χ0v) is 16.2. The Hall–Kier alpha value is -3.20. The molecule has 1 amide bonds. The van der Waals surface area contributed by atoms with Crippen LogP contribution in [0, 0.1) is 10.1 Å². The Kier molecular flexibility index (Phi) is 5.57. The van der Waals surface area contributed by atoms with Crippen molar-refractivity contribution in [3.8, 4) is 11.5 Å². The van der Waals surface area contributed by atoms with Crippen LogP contribution in [0.3, 0.4) is 0 Å². The van der Waals surface area contributed by atoms with Gasteiger partial charge in [0.1, 0.15) is 0 Å². The van der Waals surface area contributed by atoms with Gasteiger partial charge in [-0.25, -0.2) is 0 Å². The number of fused-ring (bicyclic) bond motifs is 1. The molecule has 0 radical (unpaired) electrons. The summed E-state index contributed by atoms with van der Waals surface area (Å²) in [6.45, 7) is 0. The fourth-order valence-electron chi connectivity index (χ4n) is 3.40. The normalized spacial score (nSPS) is 15.5. The zero-order valence-electron chi connectivity index (χ0n) is 15.4. The molecule has 8 nitrogen and oxygen atoms in total. The molecule has 29 heavy (non-hydrogen) atoms.